The van der Waals surface area contributed by atoms with Crippen LogP contribution in [0, 0.1) is 0 Å². The number of pyridine rings is 1. The monoisotopic (exact) mass is 383 g/mol. The molecule has 1 aliphatic rings. The van der Waals surface area contributed by atoms with E-state index in [9.17, 15) is 9.59 Å². The highest BCUT2D eigenvalue weighted by atomic mass is 16.5. The molecule has 28 heavy (non-hydrogen) atoms. The third-order valence-electron chi connectivity index (χ3n) is 4.88. The average molecular weight is 383 g/mol. The molecule has 0 saturated carbocycles. The number of carbonyl (C=O) groups is 2. The molecule has 2 heterocycles. The highest BCUT2D eigenvalue weighted by Crippen LogP contribution is 2.28. The summed E-state index contributed by atoms with van der Waals surface area (Å²) < 4.78 is 10.5. The number of benzene rings is 1. The van der Waals surface area contributed by atoms with E-state index < -0.39 is 0 Å². The molecule has 0 atom stereocenters. The predicted molar refractivity (Wildman–Crippen MR) is 105 cm³/mol. The summed E-state index contributed by atoms with van der Waals surface area (Å²) in [4.78, 5) is 30.7. The topological polar surface area (TPSA) is 80.8 Å². The summed E-state index contributed by atoms with van der Waals surface area (Å²) in [6.45, 7) is 1.25. The number of nitrogens with one attached hydrogen (secondary N) is 1. The number of piperidine rings is 1. The van der Waals surface area contributed by atoms with E-state index >= 15 is 0 Å². The fraction of sp³-hybridized carbons (Fsp3) is 0.381. The highest BCUT2D eigenvalue weighted by Gasteiger charge is 2.24. The molecule has 0 unspecified atom stereocenters. The SMILES string of the molecule is COc1ccc(CC(=O)N2CCC(NC(=O)c3ccccn3)CC2)cc1OC. The van der Waals surface area contributed by atoms with Gasteiger partial charge in [0, 0.05) is 25.3 Å². The number of hydrogen-bond donors (Lipinski definition) is 1. The standard InChI is InChI=1S/C21H25N3O4/c1-27-18-7-6-15(13-19(18)28-2)14-20(25)24-11-8-16(9-12-24)23-21(26)17-5-3-4-10-22-17/h3-7,10,13,16H,8-9,11-12,14H2,1-2H3,(H,23,26). The fourth-order valence-electron chi connectivity index (χ4n) is 3.31. The van der Waals surface area contributed by atoms with Crippen LogP contribution in [0.25, 0.3) is 0 Å². The minimum atomic E-state index is -0.171. The molecule has 2 aromatic rings. The Morgan fingerprint density at radius 3 is 2.50 bits per heavy atom. The number of aromatic nitrogens is 1. The van der Waals surface area contributed by atoms with E-state index in [4.69, 9.17) is 9.47 Å². The van der Waals surface area contributed by atoms with Gasteiger partial charge in [0.15, 0.2) is 11.5 Å². The number of amides is 2. The second kappa shape index (κ2) is 9.21. The van der Waals surface area contributed by atoms with Crippen LogP contribution < -0.4 is 14.8 Å². The maximum absolute atomic E-state index is 12.6. The molecular formula is C21H25N3O4. The fourth-order valence-corrected chi connectivity index (χ4v) is 3.31. The number of hydrogen-bond acceptors (Lipinski definition) is 5. The zero-order chi connectivity index (χ0) is 19.9. The lowest BCUT2D eigenvalue weighted by molar-refractivity contribution is -0.131. The maximum atomic E-state index is 12.6. The molecule has 1 aliphatic heterocycles. The minimum Gasteiger partial charge on any atom is -0.493 e. The Balaban J connectivity index is 1.50. The Morgan fingerprint density at radius 2 is 1.86 bits per heavy atom. The molecule has 2 amide bonds. The number of methoxy groups -OCH3 is 2. The molecule has 1 fully saturated rings. The van der Waals surface area contributed by atoms with Gasteiger partial charge >= 0.3 is 0 Å². The highest BCUT2D eigenvalue weighted by molar-refractivity contribution is 5.92. The first-order valence-electron chi connectivity index (χ1n) is 9.31. The van der Waals surface area contributed by atoms with Crippen LogP contribution in [0.1, 0.15) is 28.9 Å². The summed E-state index contributed by atoms with van der Waals surface area (Å²) in [5, 5.41) is 3.00. The quantitative estimate of drug-likeness (QED) is 0.826. The van der Waals surface area contributed by atoms with E-state index in [1.54, 1.807) is 44.7 Å². The summed E-state index contributed by atoms with van der Waals surface area (Å²) in [6.07, 6.45) is 3.38. The largest absolute Gasteiger partial charge is 0.493 e. The summed E-state index contributed by atoms with van der Waals surface area (Å²) in [6, 6.07) is 10.8. The van der Waals surface area contributed by atoms with Gasteiger partial charge in [0.25, 0.3) is 5.91 Å². The third-order valence-corrected chi connectivity index (χ3v) is 4.88. The van der Waals surface area contributed by atoms with Gasteiger partial charge in [-0.25, -0.2) is 0 Å². The first kappa shape index (κ1) is 19.7. The smallest absolute Gasteiger partial charge is 0.270 e. The zero-order valence-corrected chi connectivity index (χ0v) is 16.2. The van der Waals surface area contributed by atoms with Crippen molar-refractivity contribution in [1.29, 1.82) is 0 Å². The summed E-state index contributed by atoms with van der Waals surface area (Å²) in [5.41, 5.74) is 1.29. The molecule has 0 radical (unpaired) electrons. The van der Waals surface area contributed by atoms with Crippen molar-refractivity contribution >= 4 is 11.8 Å². The van der Waals surface area contributed by atoms with Gasteiger partial charge in [-0.2, -0.15) is 0 Å². The van der Waals surface area contributed by atoms with Crippen molar-refractivity contribution in [3.05, 3.63) is 53.9 Å². The number of rotatable bonds is 6. The van der Waals surface area contributed by atoms with Gasteiger partial charge in [0.1, 0.15) is 5.69 Å². The number of carbonyl (C=O) groups excluding carboxylic acids is 2. The first-order chi connectivity index (χ1) is 13.6. The predicted octanol–water partition coefficient (Wildman–Crippen LogP) is 2.06. The van der Waals surface area contributed by atoms with E-state index in [1.807, 2.05) is 17.0 Å². The molecule has 1 saturated heterocycles. The zero-order valence-electron chi connectivity index (χ0n) is 16.2. The van der Waals surface area contributed by atoms with Crippen molar-refractivity contribution in [1.82, 2.24) is 15.2 Å². The number of nitrogens with zero attached hydrogens (tertiary/aromatic N) is 2. The van der Waals surface area contributed by atoms with Gasteiger partial charge in [-0.3, -0.25) is 14.6 Å². The Labute approximate surface area is 164 Å². The normalized spacial score (nSPS) is 14.4. The average Bonchev–Trinajstić information content (AvgIpc) is 2.74. The van der Waals surface area contributed by atoms with E-state index in [-0.39, 0.29) is 17.9 Å². The molecule has 0 bridgehead atoms. The van der Waals surface area contributed by atoms with E-state index in [2.05, 4.69) is 10.3 Å². The minimum absolute atomic E-state index is 0.0552. The molecule has 7 nitrogen and oxygen atoms in total. The molecule has 3 rings (SSSR count). The molecule has 1 aromatic heterocycles. The molecule has 1 aromatic carbocycles. The van der Waals surface area contributed by atoms with Crippen LogP contribution in [0.5, 0.6) is 11.5 Å². The van der Waals surface area contributed by atoms with Gasteiger partial charge in [-0.15, -0.1) is 0 Å². The molecule has 0 aliphatic carbocycles. The molecule has 0 spiro atoms. The maximum Gasteiger partial charge on any atom is 0.270 e. The lowest BCUT2D eigenvalue weighted by atomic mass is 10.0. The van der Waals surface area contributed by atoms with Crippen molar-refractivity contribution in [2.24, 2.45) is 0 Å². The lowest BCUT2D eigenvalue weighted by Gasteiger charge is -2.32. The van der Waals surface area contributed by atoms with Gasteiger partial charge in [0.05, 0.1) is 20.6 Å². The van der Waals surface area contributed by atoms with Crippen molar-refractivity contribution in [2.75, 3.05) is 27.3 Å². The van der Waals surface area contributed by atoms with Crippen LogP contribution in [-0.4, -0.2) is 55.0 Å². The molecule has 148 valence electrons. The number of likely N-dealkylation sites (tertiary alicyclic amines) is 1. The van der Waals surface area contributed by atoms with E-state index in [1.165, 1.54) is 0 Å². The lowest BCUT2D eigenvalue weighted by Crippen LogP contribution is -2.47. The molecule has 1 N–H and O–H groups in total. The van der Waals surface area contributed by atoms with Crippen molar-refractivity contribution < 1.29 is 19.1 Å². The summed E-state index contributed by atoms with van der Waals surface area (Å²) in [5.74, 6) is 1.16. The van der Waals surface area contributed by atoms with Gasteiger partial charge in [-0.05, 0) is 42.7 Å². The van der Waals surface area contributed by atoms with Crippen LogP contribution in [0.3, 0.4) is 0 Å². The third kappa shape index (κ3) is 4.79. The summed E-state index contributed by atoms with van der Waals surface area (Å²) in [7, 11) is 3.16. The Hall–Kier alpha value is -3.09. The second-order valence-corrected chi connectivity index (χ2v) is 6.71. The van der Waals surface area contributed by atoms with Crippen molar-refractivity contribution in [3.8, 4) is 11.5 Å². The Kier molecular flexibility index (Phi) is 6.47. The Bertz CT molecular complexity index is 818. The van der Waals surface area contributed by atoms with Crippen LogP contribution >= 0.6 is 0 Å². The van der Waals surface area contributed by atoms with Gasteiger partial charge < -0.3 is 19.7 Å². The van der Waals surface area contributed by atoms with E-state index in [0.717, 1.165) is 18.4 Å². The summed E-state index contributed by atoms with van der Waals surface area (Å²) >= 11 is 0. The van der Waals surface area contributed by atoms with Crippen LogP contribution in [0.4, 0.5) is 0 Å². The van der Waals surface area contributed by atoms with Gasteiger partial charge in [0.2, 0.25) is 5.91 Å². The number of ether oxygens (including phenoxy) is 2. The second-order valence-electron chi connectivity index (χ2n) is 6.71. The first-order valence-corrected chi connectivity index (χ1v) is 9.31. The molecule has 7 heteroatoms. The van der Waals surface area contributed by atoms with Crippen LogP contribution in [0.15, 0.2) is 42.6 Å². The van der Waals surface area contributed by atoms with E-state index in [0.29, 0.717) is 36.7 Å². The van der Waals surface area contributed by atoms with Crippen LogP contribution in [0.2, 0.25) is 0 Å². The van der Waals surface area contributed by atoms with Crippen LogP contribution in [-0.2, 0) is 11.2 Å². The van der Waals surface area contributed by atoms with Gasteiger partial charge in [-0.1, -0.05) is 12.1 Å². The van der Waals surface area contributed by atoms with Crippen molar-refractivity contribution in [3.63, 3.8) is 0 Å². The molecular weight excluding hydrogens is 358 g/mol. The Morgan fingerprint density at radius 1 is 1.11 bits per heavy atom. The van der Waals surface area contributed by atoms with Crippen molar-refractivity contribution in [2.45, 2.75) is 25.3 Å².